The van der Waals surface area contributed by atoms with Gasteiger partial charge in [0.1, 0.15) is 22.4 Å². The van der Waals surface area contributed by atoms with Gasteiger partial charge in [-0.25, -0.2) is 0 Å². The van der Waals surface area contributed by atoms with E-state index < -0.39 is 0 Å². The van der Waals surface area contributed by atoms with E-state index in [9.17, 15) is 0 Å². The highest BCUT2D eigenvalue weighted by molar-refractivity contribution is 5.79. The number of rotatable bonds is 1. The van der Waals surface area contributed by atoms with Gasteiger partial charge in [0, 0.05) is 14.1 Å². The van der Waals surface area contributed by atoms with Gasteiger partial charge in [0.05, 0.1) is 0 Å². The monoisotopic (exact) mass is 284 g/mol. The topological polar surface area (TPSA) is 7.76 Å². The molecule has 2 nitrogen and oxygen atoms in total. The highest BCUT2D eigenvalue weighted by Gasteiger charge is 2.10. The molecule has 0 unspecified atom stereocenters. The molecule has 2 aromatic heterocycles. The van der Waals surface area contributed by atoms with E-state index in [0.717, 1.165) is 22.4 Å². The van der Waals surface area contributed by atoms with Gasteiger partial charge in [-0.3, -0.25) is 0 Å². The molecule has 0 saturated carbocycles. The van der Waals surface area contributed by atoms with Gasteiger partial charge in [-0.1, -0.05) is 60.7 Å². The van der Waals surface area contributed by atoms with Crippen molar-refractivity contribution in [3.8, 4) is 11.4 Å². The summed E-state index contributed by atoms with van der Waals surface area (Å²) in [6.07, 6.45) is 0. The summed E-state index contributed by atoms with van der Waals surface area (Å²) in [5.74, 6) is 0. The smallest absolute Gasteiger partial charge is 0.120 e. The Kier molecular flexibility index (Phi) is 2.76. The molecule has 0 fully saturated rings. The SMILES string of the molecule is [CH2-][n+]1c(-c2ccc3ccccc3[n+]2[CH2-])ccc2ccccc21. The first kappa shape index (κ1) is 12.7. The van der Waals surface area contributed by atoms with Crippen molar-refractivity contribution in [2.75, 3.05) is 0 Å². The third-order valence-corrected chi connectivity index (χ3v) is 4.14. The molecule has 0 radical (unpaired) electrons. The van der Waals surface area contributed by atoms with E-state index in [2.05, 4.69) is 62.6 Å². The molecule has 106 valence electrons. The van der Waals surface area contributed by atoms with Gasteiger partial charge in [-0.15, -0.1) is 0 Å². The molecule has 0 aliphatic rings. The third-order valence-electron chi connectivity index (χ3n) is 4.14. The molecule has 0 aliphatic carbocycles. The number of aromatic nitrogens is 2. The van der Waals surface area contributed by atoms with Gasteiger partial charge in [-0.2, -0.15) is 0 Å². The van der Waals surface area contributed by atoms with Crippen LogP contribution in [-0.4, -0.2) is 0 Å². The molecule has 0 amide bonds. The van der Waals surface area contributed by atoms with Crippen molar-refractivity contribution in [2.24, 2.45) is 0 Å². The lowest BCUT2D eigenvalue weighted by Crippen LogP contribution is -2.37. The number of hydrogen-bond acceptors (Lipinski definition) is 0. The van der Waals surface area contributed by atoms with Crippen LogP contribution in [0.2, 0.25) is 0 Å². The number of nitrogens with zero attached hydrogens (tertiary/aromatic N) is 2. The van der Waals surface area contributed by atoms with Gasteiger partial charge >= 0.3 is 0 Å². The maximum Gasteiger partial charge on any atom is 0.120 e. The van der Waals surface area contributed by atoms with E-state index >= 15 is 0 Å². The maximum atomic E-state index is 4.22. The molecule has 2 aromatic carbocycles. The molecule has 4 aromatic rings. The van der Waals surface area contributed by atoms with Gasteiger partial charge in [0.2, 0.25) is 0 Å². The molecular weight excluding hydrogens is 268 g/mol. The lowest BCUT2D eigenvalue weighted by molar-refractivity contribution is -0.604. The second kappa shape index (κ2) is 4.78. The average molecular weight is 284 g/mol. The minimum atomic E-state index is 1.04. The number of pyridine rings is 2. The normalized spacial score (nSPS) is 11.1. The van der Waals surface area contributed by atoms with Crippen LogP contribution in [0, 0.1) is 14.1 Å². The summed E-state index contributed by atoms with van der Waals surface area (Å²) in [4.78, 5) is 0. The third kappa shape index (κ3) is 1.81. The Labute approximate surface area is 129 Å². The predicted octanol–water partition coefficient (Wildman–Crippen LogP) is 3.51. The fourth-order valence-electron chi connectivity index (χ4n) is 2.97. The van der Waals surface area contributed by atoms with Crippen LogP contribution < -0.4 is 9.13 Å². The zero-order valence-corrected chi connectivity index (χ0v) is 12.2. The molecule has 0 N–H and O–H groups in total. The van der Waals surface area contributed by atoms with Crippen LogP contribution in [-0.2, 0) is 0 Å². The van der Waals surface area contributed by atoms with Crippen LogP contribution in [0.15, 0.2) is 72.8 Å². The summed E-state index contributed by atoms with van der Waals surface area (Å²) < 4.78 is 3.95. The molecule has 2 heterocycles. The first-order valence-corrected chi connectivity index (χ1v) is 7.25. The van der Waals surface area contributed by atoms with Crippen LogP contribution in [0.5, 0.6) is 0 Å². The summed E-state index contributed by atoms with van der Waals surface area (Å²) in [6.45, 7) is 0. The molecule has 0 spiro atoms. The summed E-state index contributed by atoms with van der Waals surface area (Å²) in [6, 6.07) is 25.0. The standard InChI is InChI=1S/C20H16N2/c1-21-17-9-5-3-7-15(17)11-13-19(21)20-14-12-16-8-4-6-10-18(16)22(20)2/h3-14H,1-2H2. The zero-order valence-electron chi connectivity index (χ0n) is 12.2. The van der Waals surface area contributed by atoms with Crippen molar-refractivity contribution in [1.29, 1.82) is 0 Å². The van der Waals surface area contributed by atoms with E-state index in [1.165, 1.54) is 10.8 Å². The van der Waals surface area contributed by atoms with Crippen LogP contribution in [0.25, 0.3) is 33.2 Å². The Morgan fingerprint density at radius 1 is 0.500 bits per heavy atom. The summed E-state index contributed by atoms with van der Waals surface area (Å²) in [5, 5.41) is 2.36. The quantitative estimate of drug-likeness (QED) is 0.373. The fraction of sp³-hybridized carbons (Fsp3) is 0. The van der Waals surface area contributed by atoms with Crippen molar-refractivity contribution in [1.82, 2.24) is 0 Å². The molecule has 0 aliphatic heterocycles. The highest BCUT2D eigenvalue weighted by Crippen LogP contribution is 2.19. The maximum absolute atomic E-state index is 4.22. The number of fused-ring (bicyclic) bond motifs is 2. The molecule has 0 saturated heterocycles. The average Bonchev–Trinajstić information content (AvgIpc) is 2.57. The molecule has 0 atom stereocenters. The minimum absolute atomic E-state index is 1.04. The Morgan fingerprint density at radius 2 is 0.909 bits per heavy atom. The molecule has 2 heteroatoms. The number of benzene rings is 2. The largest absolute Gasteiger partial charge is 0.332 e. The van der Waals surface area contributed by atoms with Crippen LogP contribution in [0.3, 0.4) is 0 Å². The highest BCUT2D eigenvalue weighted by atomic mass is 15.0. The van der Waals surface area contributed by atoms with Crippen molar-refractivity contribution in [3.05, 3.63) is 86.9 Å². The second-order valence-electron chi connectivity index (χ2n) is 5.41. The number of para-hydroxylation sites is 2. The molecule has 0 bridgehead atoms. The molecule has 22 heavy (non-hydrogen) atoms. The van der Waals surface area contributed by atoms with Gasteiger partial charge in [-0.05, 0) is 22.9 Å². The van der Waals surface area contributed by atoms with Crippen molar-refractivity contribution in [2.45, 2.75) is 0 Å². The molecule has 4 rings (SSSR count). The minimum Gasteiger partial charge on any atom is -0.332 e. The van der Waals surface area contributed by atoms with Gasteiger partial charge < -0.3 is 9.13 Å². The van der Waals surface area contributed by atoms with E-state index in [1.54, 1.807) is 0 Å². The zero-order chi connectivity index (χ0) is 15.1. The Balaban J connectivity index is 2.03. The second-order valence-corrected chi connectivity index (χ2v) is 5.41. The predicted molar refractivity (Wildman–Crippen MR) is 88.8 cm³/mol. The Morgan fingerprint density at radius 3 is 1.36 bits per heavy atom. The first-order valence-electron chi connectivity index (χ1n) is 7.25. The first-order chi connectivity index (χ1) is 10.8. The fourth-order valence-corrected chi connectivity index (χ4v) is 2.97. The Hall–Kier alpha value is -3.00. The van der Waals surface area contributed by atoms with Crippen molar-refractivity contribution < 1.29 is 9.13 Å². The van der Waals surface area contributed by atoms with Crippen molar-refractivity contribution >= 4 is 21.8 Å². The van der Waals surface area contributed by atoms with E-state index in [1.807, 2.05) is 33.4 Å². The van der Waals surface area contributed by atoms with Crippen molar-refractivity contribution in [3.63, 3.8) is 0 Å². The number of hydrogen-bond donors (Lipinski definition) is 0. The van der Waals surface area contributed by atoms with Crippen LogP contribution in [0.1, 0.15) is 0 Å². The summed E-state index contributed by atoms with van der Waals surface area (Å²) in [5.41, 5.74) is 4.29. The van der Waals surface area contributed by atoms with Crippen LogP contribution >= 0.6 is 0 Å². The lowest BCUT2D eigenvalue weighted by Gasteiger charge is -2.15. The van der Waals surface area contributed by atoms with E-state index in [4.69, 9.17) is 0 Å². The van der Waals surface area contributed by atoms with Gasteiger partial charge in [0.25, 0.3) is 0 Å². The molecular formula is C20H16N2. The van der Waals surface area contributed by atoms with E-state index in [-0.39, 0.29) is 0 Å². The van der Waals surface area contributed by atoms with Gasteiger partial charge in [0.15, 0.2) is 0 Å². The summed E-state index contributed by atoms with van der Waals surface area (Å²) in [7, 11) is 8.44. The van der Waals surface area contributed by atoms with E-state index in [0.29, 0.717) is 0 Å². The summed E-state index contributed by atoms with van der Waals surface area (Å²) >= 11 is 0. The Bertz CT molecular complexity index is 920. The van der Waals surface area contributed by atoms with Crippen LogP contribution in [0.4, 0.5) is 0 Å². The lowest BCUT2D eigenvalue weighted by atomic mass is 10.1.